The van der Waals surface area contributed by atoms with Gasteiger partial charge in [-0.2, -0.15) is 0 Å². The van der Waals surface area contributed by atoms with E-state index in [9.17, 15) is 9.59 Å². The molecule has 7 heteroatoms. The molecule has 2 saturated heterocycles. The van der Waals surface area contributed by atoms with Gasteiger partial charge in [0.05, 0.1) is 26.2 Å². The number of benzene rings is 1. The van der Waals surface area contributed by atoms with Crippen LogP contribution >= 0.6 is 0 Å². The SMILES string of the molecule is COc1cccc(N2CC(C(=O)NCCN3CCOCC3)CC2=O)c1. The van der Waals surface area contributed by atoms with Crippen LogP contribution in [0.3, 0.4) is 0 Å². The van der Waals surface area contributed by atoms with Crippen LogP contribution in [0.15, 0.2) is 24.3 Å². The van der Waals surface area contributed by atoms with Crippen LogP contribution < -0.4 is 15.0 Å². The molecule has 1 unspecified atom stereocenters. The van der Waals surface area contributed by atoms with Gasteiger partial charge in [0.2, 0.25) is 11.8 Å². The Balaban J connectivity index is 1.50. The van der Waals surface area contributed by atoms with E-state index in [1.54, 1.807) is 12.0 Å². The van der Waals surface area contributed by atoms with Gasteiger partial charge >= 0.3 is 0 Å². The van der Waals surface area contributed by atoms with Crippen LogP contribution in [0.25, 0.3) is 0 Å². The van der Waals surface area contributed by atoms with E-state index >= 15 is 0 Å². The first-order valence-electron chi connectivity index (χ1n) is 8.69. The standard InChI is InChI=1S/C18H25N3O4/c1-24-16-4-2-3-15(12-16)21-13-14(11-17(21)22)18(23)19-5-6-20-7-9-25-10-8-20/h2-4,12,14H,5-11,13H2,1H3,(H,19,23). The summed E-state index contributed by atoms with van der Waals surface area (Å²) in [7, 11) is 1.59. The second kappa shape index (κ2) is 8.31. The van der Waals surface area contributed by atoms with E-state index in [0.717, 1.165) is 38.5 Å². The van der Waals surface area contributed by atoms with Gasteiger partial charge in [-0.25, -0.2) is 0 Å². The molecule has 136 valence electrons. The van der Waals surface area contributed by atoms with Crippen LogP contribution in [0, 0.1) is 5.92 Å². The Morgan fingerprint density at radius 1 is 1.36 bits per heavy atom. The molecule has 25 heavy (non-hydrogen) atoms. The lowest BCUT2D eigenvalue weighted by molar-refractivity contribution is -0.126. The Kier molecular flexibility index (Phi) is 5.88. The zero-order valence-electron chi connectivity index (χ0n) is 14.6. The highest BCUT2D eigenvalue weighted by molar-refractivity contribution is 6.00. The van der Waals surface area contributed by atoms with Crippen LogP contribution in [0.2, 0.25) is 0 Å². The van der Waals surface area contributed by atoms with Gasteiger partial charge in [0, 0.05) is 50.9 Å². The summed E-state index contributed by atoms with van der Waals surface area (Å²) in [5.41, 5.74) is 0.771. The zero-order chi connectivity index (χ0) is 17.6. The molecule has 0 spiro atoms. The number of ether oxygens (including phenoxy) is 2. The van der Waals surface area contributed by atoms with Crippen molar-refractivity contribution in [2.75, 3.05) is 57.9 Å². The minimum absolute atomic E-state index is 0.0263. The molecule has 0 radical (unpaired) electrons. The monoisotopic (exact) mass is 347 g/mol. The van der Waals surface area contributed by atoms with E-state index < -0.39 is 0 Å². The molecule has 3 rings (SSSR count). The van der Waals surface area contributed by atoms with Crippen LogP contribution in [0.4, 0.5) is 5.69 Å². The fourth-order valence-electron chi connectivity index (χ4n) is 3.22. The molecule has 2 amide bonds. The van der Waals surface area contributed by atoms with Crippen molar-refractivity contribution in [1.82, 2.24) is 10.2 Å². The quantitative estimate of drug-likeness (QED) is 0.811. The van der Waals surface area contributed by atoms with Crippen molar-refractivity contribution in [2.24, 2.45) is 5.92 Å². The predicted octanol–water partition coefficient (Wildman–Crippen LogP) is 0.497. The molecule has 1 atom stereocenters. The average molecular weight is 347 g/mol. The molecule has 2 aliphatic heterocycles. The number of hydrogen-bond donors (Lipinski definition) is 1. The second-order valence-corrected chi connectivity index (χ2v) is 6.35. The maximum absolute atomic E-state index is 12.4. The van der Waals surface area contributed by atoms with Gasteiger partial charge in [0.15, 0.2) is 0 Å². The van der Waals surface area contributed by atoms with Crippen LogP contribution in [0.5, 0.6) is 5.75 Å². The minimum Gasteiger partial charge on any atom is -0.497 e. The van der Waals surface area contributed by atoms with Crippen LogP contribution in [-0.4, -0.2) is 69.8 Å². The molecular formula is C18H25N3O4. The molecule has 0 aliphatic carbocycles. The maximum atomic E-state index is 12.4. The molecule has 7 nitrogen and oxygen atoms in total. The van der Waals surface area contributed by atoms with Crippen molar-refractivity contribution in [3.63, 3.8) is 0 Å². The summed E-state index contributed by atoms with van der Waals surface area (Å²) in [6.07, 6.45) is 0.251. The molecule has 2 aliphatic rings. The summed E-state index contributed by atoms with van der Waals surface area (Å²) in [4.78, 5) is 28.6. The Bertz CT molecular complexity index is 616. The third kappa shape index (κ3) is 4.49. The lowest BCUT2D eigenvalue weighted by Gasteiger charge is -2.26. The highest BCUT2D eigenvalue weighted by atomic mass is 16.5. The lowest BCUT2D eigenvalue weighted by Crippen LogP contribution is -2.42. The van der Waals surface area contributed by atoms with E-state index in [-0.39, 0.29) is 24.2 Å². The summed E-state index contributed by atoms with van der Waals surface area (Å²) in [5.74, 6) is 0.320. The average Bonchev–Trinajstić information content (AvgIpc) is 3.04. The Morgan fingerprint density at radius 2 is 2.16 bits per heavy atom. The third-order valence-corrected chi connectivity index (χ3v) is 4.69. The number of hydrogen-bond acceptors (Lipinski definition) is 5. The number of methoxy groups -OCH3 is 1. The number of nitrogens with one attached hydrogen (secondary N) is 1. The molecule has 0 bridgehead atoms. The van der Waals surface area contributed by atoms with E-state index in [1.165, 1.54) is 0 Å². The molecular weight excluding hydrogens is 322 g/mol. The van der Waals surface area contributed by atoms with Crippen molar-refractivity contribution in [3.8, 4) is 5.75 Å². The number of nitrogens with zero attached hydrogens (tertiary/aromatic N) is 2. The van der Waals surface area contributed by atoms with Crippen molar-refractivity contribution >= 4 is 17.5 Å². The highest BCUT2D eigenvalue weighted by Gasteiger charge is 2.35. The van der Waals surface area contributed by atoms with Crippen LogP contribution in [0.1, 0.15) is 6.42 Å². The first kappa shape index (κ1) is 17.7. The normalized spacial score (nSPS) is 21.4. The third-order valence-electron chi connectivity index (χ3n) is 4.69. The molecule has 1 N–H and O–H groups in total. The van der Waals surface area contributed by atoms with Crippen molar-refractivity contribution in [3.05, 3.63) is 24.3 Å². The molecule has 2 heterocycles. The summed E-state index contributed by atoms with van der Waals surface area (Å²) < 4.78 is 10.5. The van der Waals surface area contributed by atoms with Gasteiger partial charge in [0.1, 0.15) is 5.75 Å². The minimum atomic E-state index is -0.302. The largest absolute Gasteiger partial charge is 0.497 e. The van der Waals surface area contributed by atoms with E-state index in [1.807, 2.05) is 24.3 Å². The predicted molar refractivity (Wildman–Crippen MR) is 93.7 cm³/mol. The van der Waals surface area contributed by atoms with Crippen molar-refractivity contribution in [1.29, 1.82) is 0 Å². The van der Waals surface area contributed by atoms with Gasteiger partial charge in [-0.1, -0.05) is 6.07 Å². The number of rotatable bonds is 6. The van der Waals surface area contributed by atoms with Crippen molar-refractivity contribution < 1.29 is 19.1 Å². The van der Waals surface area contributed by atoms with Gasteiger partial charge < -0.3 is 19.7 Å². The molecule has 0 aromatic heterocycles. The number of carbonyl (C=O) groups is 2. The van der Waals surface area contributed by atoms with Gasteiger partial charge in [-0.15, -0.1) is 0 Å². The Morgan fingerprint density at radius 3 is 2.92 bits per heavy atom. The van der Waals surface area contributed by atoms with E-state index in [4.69, 9.17) is 9.47 Å². The first-order valence-corrected chi connectivity index (χ1v) is 8.69. The molecule has 1 aromatic carbocycles. The number of amides is 2. The van der Waals surface area contributed by atoms with Crippen molar-refractivity contribution in [2.45, 2.75) is 6.42 Å². The Hall–Kier alpha value is -2.12. The first-order chi connectivity index (χ1) is 12.2. The maximum Gasteiger partial charge on any atom is 0.227 e. The number of carbonyl (C=O) groups excluding carboxylic acids is 2. The molecule has 1 aromatic rings. The lowest BCUT2D eigenvalue weighted by atomic mass is 10.1. The van der Waals surface area contributed by atoms with Gasteiger partial charge in [0.25, 0.3) is 0 Å². The summed E-state index contributed by atoms with van der Waals surface area (Å²) in [6, 6.07) is 7.35. The highest BCUT2D eigenvalue weighted by Crippen LogP contribution is 2.27. The van der Waals surface area contributed by atoms with Gasteiger partial charge in [-0.05, 0) is 12.1 Å². The van der Waals surface area contributed by atoms with E-state index in [2.05, 4.69) is 10.2 Å². The smallest absolute Gasteiger partial charge is 0.227 e. The summed E-state index contributed by atoms with van der Waals surface area (Å²) >= 11 is 0. The fraction of sp³-hybridized carbons (Fsp3) is 0.556. The number of anilines is 1. The number of morpholine rings is 1. The van der Waals surface area contributed by atoms with Crippen LogP contribution in [-0.2, 0) is 14.3 Å². The molecule has 0 saturated carbocycles. The topological polar surface area (TPSA) is 71.1 Å². The Labute approximate surface area is 147 Å². The fourth-order valence-corrected chi connectivity index (χ4v) is 3.22. The summed E-state index contributed by atoms with van der Waals surface area (Å²) in [5, 5.41) is 2.96. The second-order valence-electron chi connectivity index (χ2n) is 6.35. The molecule has 2 fully saturated rings. The zero-order valence-corrected chi connectivity index (χ0v) is 14.6. The summed E-state index contributed by atoms with van der Waals surface area (Å²) in [6.45, 7) is 5.14. The van der Waals surface area contributed by atoms with E-state index in [0.29, 0.717) is 18.8 Å². The van der Waals surface area contributed by atoms with Gasteiger partial charge in [-0.3, -0.25) is 14.5 Å².